The summed E-state index contributed by atoms with van der Waals surface area (Å²) in [6.45, 7) is 4.16. The van der Waals surface area contributed by atoms with Crippen molar-refractivity contribution in [3.63, 3.8) is 0 Å². The lowest BCUT2D eigenvalue weighted by molar-refractivity contribution is -0.145. The molecule has 184 valence electrons. The average Bonchev–Trinajstić information content (AvgIpc) is 3.34. The van der Waals surface area contributed by atoms with E-state index in [0.29, 0.717) is 23.6 Å². The molecule has 0 saturated heterocycles. The Hall–Kier alpha value is -3.77. The molecule has 0 amide bonds. The summed E-state index contributed by atoms with van der Waals surface area (Å²) in [5.74, 6) is -1.09. The highest BCUT2D eigenvalue weighted by Gasteiger charge is 2.41. The number of benzene rings is 1. The van der Waals surface area contributed by atoms with Crippen molar-refractivity contribution in [3.8, 4) is 5.75 Å². The zero-order chi connectivity index (χ0) is 25.1. The van der Waals surface area contributed by atoms with Gasteiger partial charge in [0.15, 0.2) is 11.6 Å². The number of ether oxygens (including phenoxy) is 1. The maximum absolute atomic E-state index is 14.4. The van der Waals surface area contributed by atoms with Gasteiger partial charge in [-0.05, 0) is 32.8 Å². The standard InChI is InChI=1S/C22H22F4N8O/c1-11-19-31-20(22(24,25)26)32-34(19)6-5-33(11)17-9-15(29-10-30-17)18(28)12-7-16(13(23)8-14(12)27)35-21(2)3-4-21/h7-11,28H,3-6,27H2,1-2H3/p+1. The Morgan fingerprint density at radius 3 is 2.63 bits per heavy atom. The van der Waals surface area contributed by atoms with Gasteiger partial charge >= 0.3 is 6.18 Å². The first-order valence-electron chi connectivity index (χ1n) is 11.0. The van der Waals surface area contributed by atoms with Crippen LogP contribution in [-0.4, -0.2) is 42.6 Å². The van der Waals surface area contributed by atoms with Crippen molar-refractivity contribution in [1.29, 1.82) is 0 Å². The minimum atomic E-state index is -4.63. The summed E-state index contributed by atoms with van der Waals surface area (Å²) in [6, 6.07) is 3.68. The maximum Gasteiger partial charge on any atom is 0.453 e. The lowest BCUT2D eigenvalue weighted by Crippen LogP contribution is -2.42. The summed E-state index contributed by atoms with van der Waals surface area (Å²) in [5.41, 5.74) is 6.63. The van der Waals surface area contributed by atoms with Crippen molar-refractivity contribution in [3.05, 3.63) is 53.2 Å². The third-order valence-electron chi connectivity index (χ3n) is 6.28. The number of hydrogen-bond donors (Lipinski definition) is 2. The molecule has 3 aromatic rings. The van der Waals surface area contributed by atoms with Crippen LogP contribution in [-0.2, 0) is 12.7 Å². The first-order chi connectivity index (χ1) is 16.4. The molecule has 2 aliphatic rings. The SMILES string of the molecule is CC1c2nc(C(F)(F)F)nn2CCN1c1cc(C(=[NH2+])c2cc(OC3(C)CC3)c(F)cc2N)ncn1. The quantitative estimate of drug-likeness (QED) is 0.318. The molecular weight excluding hydrogens is 468 g/mol. The number of fused-ring (bicyclic) bond motifs is 1. The zero-order valence-electron chi connectivity index (χ0n) is 19.0. The highest BCUT2D eigenvalue weighted by Crippen LogP contribution is 2.41. The maximum atomic E-state index is 14.4. The van der Waals surface area contributed by atoms with Crippen LogP contribution >= 0.6 is 0 Å². The topological polar surface area (TPSA) is 121 Å². The second kappa shape index (κ2) is 7.89. The number of anilines is 2. The van der Waals surface area contributed by atoms with Crippen molar-refractivity contribution in [2.45, 2.75) is 51.1 Å². The van der Waals surface area contributed by atoms with E-state index < -0.39 is 29.5 Å². The molecule has 2 aromatic heterocycles. The number of nitrogens with zero attached hydrogens (tertiary/aromatic N) is 6. The Labute approximate surface area is 197 Å². The summed E-state index contributed by atoms with van der Waals surface area (Å²) in [7, 11) is 0. The monoisotopic (exact) mass is 491 g/mol. The molecule has 9 nitrogen and oxygen atoms in total. The van der Waals surface area contributed by atoms with Crippen molar-refractivity contribution < 1.29 is 27.7 Å². The Morgan fingerprint density at radius 1 is 1.20 bits per heavy atom. The predicted octanol–water partition coefficient (Wildman–Crippen LogP) is 1.92. The minimum Gasteiger partial charge on any atom is -0.484 e. The number of nitrogen functional groups attached to an aromatic ring is 1. The van der Waals surface area contributed by atoms with Gasteiger partial charge in [-0.1, -0.05) is 0 Å². The first kappa shape index (κ1) is 23.0. The summed E-state index contributed by atoms with van der Waals surface area (Å²) < 4.78 is 60.7. The van der Waals surface area contributed by atoms with Crippen LogP contribution in [0.1, 0.15) is 55.6 Å². The van der Waals surface area contributed by atoms with Crippen LogP contribution < -0.4 is 20.8 Å². The van der Waals surface area contributed by atoms with Crippen LogP contribution in [0.2, 0.25) is 0 Å². The first-order valence-corrected chi connectivity index (χ1v) is 11.0. The molecule has 1 unspecified atom stereocenters. The van der Waals surface area contributed by atoms with E-state index in [9.17, 15) is 17.6 Å². The van der Waals surface area contributed by atoms with Crippen molar-refractivity contribution in [2.24, 2.45) is 0 Å². The van der Waals surface area contributed by atoms with Crippen molar-refractivity contribution in [1.82, 2.24) is 24.7 Å². The number of hydrogen-bond acceptors (Lipinski definition) is 7. The molecule has 35 heavy (non-hydrogen) atoms. The molecule has 3 heterocycles. The Kier molecular flexibility index (Phi) is 5.18. The largest absolute Gasteiger partial charge is 0.484 e. The lowest BCUT2D eigenvalue weighted by Gasteiger charge is -2.33. The molecule has 0 bridgehead atoms. The normalized spacial score (nSPS) is 18.8. The van der Waals surface area contributed by atoms with Gasteiger partial charge in [0, 0.05) is 24.4 Å². The highest BCUT2D eigenvalue weighted by atomic mass is 19.4. The Morgan fingerprint density at radius 2 is 1.94 bits per heavy atom. The van der Waals surface area contributed by atoms with E-state index >= 15 is 0 Å². The fourth-order valence-electron chi connectivity index (χ4n) is 4.01. The molecule has 1 fully saturated rings. The van der Waals surface area contributed by atoms with Gasteiger partial charge in [0.1, 0.15) is 29.3 Å². The van der Waals surface area contributed by atoms with Gasteiger partial charge in [-0.25, -0.2) is 24.0 Å². The summed E-state index contributed by atoms with van der Waals surface area (Å²) in [6.07, 6.45) is -1.68. The van der Waals surface area contributed by atoms with E-state index in [1.165, 1.54) is 17.1 Å². The number of aromatic nitrogens is 5. The van der Waals surface area contributed by atoms with Gasteiger partial charge in [0.25, 0.3) is 5.82 Å². The molecule has 1 aliphatic carbocycles. The third kappa shape index (κ3) is 4.26. The van der Waals surface area contributed by atoms with E-state index in [2.05, 4.69) is 20.1 Å². The number of rotatable bonds is 5. The summed E-state index contributed by atoms with van der Waals surface area (Å²) in [4.78, 5) is 14.0. The van der Waals surface area contributed by atoms with Crippen LogP contribution in [0, 0.1) is 5.82 Å². The van der Waals surface area contributed by atoms with Crippen LogP contribution in [0.5, 0.6) is 5.75 Å². The van der Waals surface area contributed by atoms with Gasteiger partial charge in [-0.2, -0.15) is 13.2 Å². The smallest absolute Gasteiger partial charge is 0.453 e. The van der Waals surface area contributed by atoms with E-state index in [1.807, 2.05) is 6.92 Å². The van der Waals surface area contributed by atoms with Crippen LogP contribution in [0.4, 0.5) is 29.1 Å². The Balaban J connectivity index is 1.43. The van der Waals surface area contributed by atoms with Gasteiger partial charge < -0.3 is 15.4 Å². The molecule has 5 rings (SSSR count). The second-order valence-electron chi connectivity index (χ2n) is 8.98. The van der Waals surface area contributed by atoms with Crippen LogP contribution in [0.25, 0.3) is 0 Å². The van der Waals surface area contributed by atoms with Gasteiger partial charge in [0.2, 0.25) is 5.71 Å². The molecule has 1 saturated carbocycles. The number of nitrogens with two attached hydrogens (primary N) is 2. The molecule has 1 aliphatic heterocycles. The minimum absolute atomic E-state index is 0.0517. The fraction of sp³-hybridized carbons (Fsp3) is 0.409. The van der Waals surface area contributed by atoms with Gasteiger partial charge in [-0.15, -0.1) is 5.10 Å². The van der Waals surface area contributed by atoms with E-state index in [1.54, 1.807) is 17.9 Å². The Bertz CT molecular complexity index is 1320. The summed E-state index contributed by atoms with van der Waals surface area (Å²) >= 11 is 0. The predicted molar refractivity (Wildman–Crippen MR) is 117 cm³/mol. The molecule has 13 heteroatoms. The molecule has 0 radical (unpaired) electrons. The zero-order valence-corrected chi connectivity index (χ0v) is 19.0. The lowest BCUT2D eigenvalue weighted by atomic mass is 10.0. The molecule has 4 N–H and O–H groups in total. The molecule has 1 aromatic carbocycles. The van der Waals surface area contributed by atoms with E-state index in [0.717, 1.165) is 18.9 Å². The number of alkyl halides is 3. The van der Waals surface area contributed by atoms with Crippen molar-refractivity contribution >= 4 is 17.2 Å². The van der Waals surface area contributed by atoms with Crippen molar-refractivity contribution in [2.75, 3.05) is 17.2 Å². The molecular formula is C22H23F4N8O+. The van der Waals surface area contributed by atoms with Gasteiger partial charge in [-0.3, -0.25) is 5.41 Å². The van der Waals surface area contributed by atoms with E-state index in [-0.39, 0.29) is 29.5 Å². The summed E-state index contributed by atoms with van der Waals surface area (Å²) in [5, 5.41) is 9.96. The fourth-order valence-corrected chi connectivity index (χ4v) is 4.01. The van der Waals surface area contributed by atoms with E-state index in [4.69, 9.17) is 15.9 Å². The van der Waals surface area contributed by atoms with Crippen LogP contribution in [0.3, 0.4) is 0 Å². The molecule has 0 spiro atoms. The third-order valence-corrected chi connectivity index (χ3v) is 6.28. The number of halogens is 4. The average molecular weight is 491 g/mol. The van der Waals surface area contributed by atoms with Crippen LogP contribution in [0.15, 0.2) is 24.5 Å². The second-order valence-corrected chi connectivity index (χ2v) is 8.98. The van der Waals surface area contributed by atoms with Gasteiger partial charge in [0.05, 0.1) is 18.2 Å². The molecule has 1 atom stereocenters. The highest BCUT2D eigenvalue weighted by molar-refractivity contribution is 6.11.